The van der Waals surface area contributed by atoms with Crippen molar-refractivity contribution in [1.82, 2.24) is 15.1 Å². The Labute approximate surface area is 125 Å². The molecule has 0 saturated heterocycles. The van der Waals surface area contributed by atoms with Crippen LogP contribution in [0.25, 0.3) is 0 Å². The molecule has 0 fully saturated rings. The van der Waals surface area contributed by atoms with Crippen molar-refractivity contribution < 1.29 is 9.90 Å². The van der Waals surface area contributed by atoms with Gasteiger partial charge >= 0.3 is 0 Å². The van der Waals surface area contributed by atoms with Crippen LogP contribution in [-0.4, -0.2) is 33.4 Å². The van der Waals surface area contributed by atoms with Crippen molar-refractivity contribution in [2.45, 2.75) is 40.7 Å². The zero-order chi connectivity index (χ0) is 15.7. The van der Waals surface area contributed by atoms with Gasteiger partial charge in [-0.2, -0.15) is 5.10 Å². The second-order valence-electron chi connectivity index (χ2n) is 6.23. The molecule has 20 heavy (non-hydrogen) atoms. The maximum absolute atomic E-state index is 12.2. The van der Waals surface area contributed by atoms with Crippen molar-refractivity contribution in [3.63, 3.8) is 0 Å². The average Bonchev–Trinajstić information content (AvgIpc) is 2.59. The number of nitrogens with one attached hydrogen (secondary N) is 1. The summed E-state index contributed by atoms with van der Waals surface area (Å²) in [7, 11) is 1.69. The lowest BCUT2D eigenvalue weighted by Gasteiger charge is -2.33. The number of rotatable bonds is 5. The van der Waals surface area contributed by atoms with E-state index < -0.39 is 11.5 Å². The zero-order valence-corrected chi connectivity index (χ0v) is 13.7. The van der Waals surface area contributed by atoms with Gasteiger partial charge in [0.25, 0.3) is 5.91 Å². The third-order valence-corrected chi connectivity index (χ3v) is 3.95. The van der Waals surface area contributed by atoms with Crippen LogP contribution in [0.5, 0.6) is 0 Å². The molecule has 1 atom stereocenters. The van der Waals surface area contributed by atoms with Gasteiger partial charge in [-0.1, -0.05) is 39.3 Å². The van der Waals surface area contributed by atoms with Crippen LogP contribution in [0.4, 0.5) is 0 Å². The van der Waals surface area contributed by atoms with E-state index in [0.29, 0.717) is 23.0 Å². The van der Waals surface area contributed by atoms with E-state index in [1.807, 2.05) is 27.7 Å². The highest BCUT2D eigenvalue weighted by atomic mass is 35.5. The number of carbonyl (C=O) groups is 1. The van der Waals surface area contributed by atoms with E-state index in [1.54, 1.807) is 14.0 Å². The van der Waals surface area contributed by atoms with Crippen molar-refractivity contribution in [3.8, 4) is 0 Å². The molecule has 1 aromatic rings. The lowest BCUT2D eigenvalue weighted by Crippen LogP contribution is -2.43. The molecule has 2 N–H and O–H groups in total. The molecule has 5 nitrogen and oxygen atoms in total. The predicted octanol–water partition coefficient (Wildman–Crippen LogP) is 2.15. The average molecular weight is 302 g/mol. The maximum atomic E-state index is 12.2. The van der Waals surface area contributed by atoms with Gasteiger partial charge < -0.3 is 10.4 Å². The van der Waals surface area contributed by atoms with Gasteiger partial charge in [0.1, 0.15) is 5.15 Å². The summed E-state index contributed by atoms with van der Waals surface area (Å²) in [5.74, 6) is -0.129. The summed E-state index contributed by atoms with van der Waals surface area (Å²) in [4.78, 5) is 12.2. The van der Waals surface area contributed by atoms with Crippen LogP contribution < -0.4 is 5.32 Å². The van der Waals surface area contributed by atoms with E-state index in [0.717, 1.165) is 0 Å². The number of hydrogen-bond acceptors (Lipinski definition) is 3. The van der Waals surface area contributed by atoms with Crippen molar-refractivity contribution in [2.24, 2.45) is 18.4 Å². The summed E-state index contributed by atoms with van der Waals surface area (Å²) in [5.41, 5.74) is 0.577. The van der Waals surface area contributed by atoms with E-state index >= 15 is 0 Å². The fraction of sp³-hybridized carbons (Fsp3) is 0.714. The number of nitrogens with zero attached hydrogens (tertiary/aromatic N) is 2. The molecule has 1 rings (SSSR count). The third-order valence-electron chi connectivity index (χ3n) is 3.52. The van der Waals surface area contributed by atoms with Gasteiger partial charge in [0, 0.05) is 19.0 Å². The number of carbonyl (C=O) groups excluding carboxylic acids is 1. The highest BCUT2D eigenvalue weighted by Crippen LogP contribution is 2.25. The molecular formula is C14H24ClN3O2. The summed E-state index contributed by atoms with van der Waals surface area (Å²) in [6, 6.07) is 0. The Morgan fingerprint density at radius 1 is 1.50 bits per heavy atom. The largest absolute Gasteiger partial charge is 0.392 e. The third kappa shape index (κ3) is 3.52. The van der Waals surface area contributed by atoms with Gasteiger partial charge in [-0.15, -0.1) is 0 Å². The molecule has 1 aromatic heterocycles. The Bertz CT molecular complexity index is 495. The molecule has 0 bridgehead atoms. The van der Waals surface area contributed by atoms with Gasteiger partial charge in [-0.25, -0.2) is 0 Å². The first kappa shape index (κ1) is 17.0. The van der Waals surface area contributed by atoms with Crippen LogP contribution in [0.1, 0.15) is 43.7 Å². The number of hydrogen-bond donors (Lipinski definition) is 2. The van der Waals surface area contributed by atoms with Crippen LogP contribution in [-0.2, 0) is 7.05 Å². The van der Waals surface area contributed by atoms with Crippen LogP contribution in [0, 0.1) is 18.3 Å². The Morgan fingerprint density at radius 3 is 2.45 bits per heavy atom. The second kappa shape index (κ2) is 6.14. The molecule has 0 spiro atoms. The quantitative estimate of drug-likeness (QED) is 0.876. The molecule has 0 aliphatic rings. The summed E-state index contributed by atoms with van der Waals surface area (Å²) >= 11 is 6.06. The topological polar surface area (TPSA) is 67.2 Å². The van der Waals surface area contributed by atoms with Crippen molar-refractivity contribution >= 4 is 17.5 Å². The first-order chi connectivity index (χ1) is 9.08. The lowest BCUT2D eigenvalue weighted by molar-refractivity contribution is 0.0138. The molecule has 0 aliphatic heterocycles. The molecule has 6 heteroatoms. The molecule has 0 radical (unpaired) electrons. The minimum absolute atomic E-state index is 0.130. The standard InChI is InChI=1S/C14H24ClN3O2/c1-8(2)11(19)14(4,5)7-16-13(20)10-9(3)17-18(6)12(10)15/h8,11,19H,7H2,1-6H3,(H,16,20). The molecule has 1 unspecified atom stereocenters. The molecule has 114 valence electrons. The Kier molecular flexibility index (Phi) is 5.21. The molecular weight excluding hydrogens is 278 g/mol. The van der Waals surface area contributed by atoms with Crippen LogP contribution in [0.3, 0.4) is 0 Å². The van der Waals surface area contributed by atoms with E-state index in [9.17, 15) is 9.90 Å². The summed E-state index contributed by atoms with van der Waals surface area (Å²) in [6.07, 6.45) is -0.492. The van der Waals surface area contributed by atoms with Crippen LogP contribution in [0.15, 0.2) is 0 Å². The maximum Gasteiger partial charge on any atom is 0.256 e. The number of amides is 1. The summed E-state index contributed by atoms with van der Waals surface area (Å²) in [6.45, 7) is 9.88. The van der Waals surface area contributed by atoms with E-state index in [4.69, 9.17) is 11.6 Å². The monoisotopic (exact) mass is 301 g/mol. The molecule has 0 aromatic carbocycles. The summed E-state index contributed by atoms with van der Waals surface area (Å²) < 4.78 is 1.47. The molecule has 0 aliphatic carbocycles. The van der Waals surface area contributed by atoms with E-state index in [1.165, 1.54) is 4.68 Å². The first-order valence-corrected chi connectivity index (χ1v) is 7.11. The minimum atomic E-state index is -0.492. The molecule has 1 heterocycles. The first-order valence-electron chi connectivity index (χ1n) is 6.73. The number of aromatic nitrogens is 2. The number of aliphatic hydroxyl groups is 1. The molecule has 0 saturated carbocycles. The highest BCUT2D eigenvalue weighted by Gasteiger charge is 2.31. The normalized spacial score (nSPS) is 13.7. The van der Waals surface area contributed by atoms with Gasteiger partial charge in [0.2, 0.25) is 0 Å². The van der Waals surface area contributed by atoms with Crippen LogP contribution in [0.2, 0.25) is 5.15 Å². The fourth-order valence-corrected chi connectivity index (χ4v) is 2.55. The Balaban J connectivity index is 2.77. The highest BCUT2D eigenvalue weighted by molar-refractivity contribution is 6.33. The van der Waals surface area contributed by atoms with Crippen molar-refractivity contribution in [3.05, 3.63) is 16.4 Å². The zero-order valence-electron chi connectivity index (χ0n) is 13.0. The number of halogens is 1. The van der Waals surface area contributed by atoms with Crippen molar-refractivity contribution in [1.29, 1.82) is 0 Å². The number of aliphatic hydroxyl groups excluding tert-OH is 1. The van der Waals surface area contributed by atoms with Crippen molar-refractivity contribution in [2.75, 3.05) is 6.54 Å². The smallest absolute Gasteiger partial charge is 0.256 e. The minimum Gasteiger partial charge on any atom is -0.392 e. The van der Waals surface area contributed by atoms with E-state index in [-0.39, 0.29) is 11.8 Å². The number of aryl methyl sites for hydroxylation is 2. The van der Waals surface area contributed by atoms with Gasteiger partial charge in [-0.05, 0) is 12.8 Å². The van der Waals surface area contributed by atoms with Gasteiger partial charge in [-0.3, -0.25) is 9.48 Å². The summed E-state index contributed by atoms with van der Waals surface area (Å²) in [5, 5.41) is 17.4. The van der Waals surface area contributed by atoms with Gasteiger partial charge in [0.15, 0.2) is 0 Å². The second-order valence-corrected chi connectivity index (χ2v) is 6.59. The Morgan fingerprint density at radius 2 is 2.05 bits per heavy atom. The predicted molar refractivity (Wildman–Crippen MR) is 79.9 cm³/mol. The van der Waals surface area contributed by atoms with E-state index in [2.05, 4.69) is 10.4 Å². The lowest BCUT2D eigenvalue weighted by atomic mass is 9.80. The van der Waals surface area contributed by atoms with Gasteiger partial charge in [0.05, 0.1) is 17.4 Å². The Hall–Kier alpha value is -1.07. The SMILES string of the molecule is Cc1nn(C)c(Cl)c1C(=O)NCC(C)(C)C(O)C(C)C. The fourth-order valence-electron chi connectivity index (χ4n) is 2.29. The van der Waals surface area contributed by atoms with Crippen LogP contribution >= 0.6 is 11.6 Å². The molecule has 1 amide bonds.